The predicted molar refractivity (Wildman–Crippen MR) is 83.0 cm³/mol. The SMILES string of the molecule is CCCN(C(=O)c1cccc(Cl)c1)C1CCC(N)CC1. The third-order valence-corrected chi connectivity index (χ3v) is 4.21. The van der Waals surface area contributed by atoms with Gasteiger partial charge in [0.2, 0.25) is 0 Å². The highest BCUT2D eigenvalue weighted by molar-refractivity contribution is 6.30. The first-order valence-corrected chi connectivity index (χ1v) is 7.81. The second-order valence-corrected chi connectivity index (χ2v) is 6.01. The van der Waals surface area contributed by atoms with Gasteiger partial charge >= 0.3 is 0 Å². The lowest BCUT2D eigenvalue weighted by Gasteiger charge is -2.36. The van der Waals surface area contributed by atoms with Crippen LogP contribution in [0.2, 0.25) is 5.02 Å². The Morgan fingerprint density at radius 1 is 1.35 bits per heavy atom. The van der Waals surface area contributed by atoms with E-state index in [9.17, 15) is 4.79 Å². The fraction of sp³-hybridized carbons (Fsp3) is 0.562. The maximum absolute atomic E-state index is 12.7. The summed E-state index contributed by atoms with van der Waals surface area (Å²) < 4.78 is 0. The Morgan fingerprint density at radius 2 is 2.05 bits per heavy atom. The first-order chi connectivity index (χ1) is 9.61. The Morgan fingerprint density at radius 3 is 2.65 bits per heavy atom. The van der Waals surface area contributed by atoms with E-state index < -0.39 is 0 Å². The molecular formula is C16H23ClN2O. The third kappa shape index (κ3) is 3.74. The van der Waals surface area contributed by atoms with E-state index in [1.807, 2.05) is 17.0 Å². The molecule has 2 rings (SSSR count). The number of nitrogens with two attached hydrogens (primary N) is 1. The number of benzene rings is 1. The topological polar surface area (TPSA) is 46.3 Å². The number of nitrogens with zero attached hydrogens (tertiary/aromatic N) is 1. The van der Waals surface area contributed by atoms with Gasteiger partial charge in [0.25, 0.3) is 5.91 Å². The number of amides is 1. The van der Waals surface area contributed by atoms with Crippen LogP contribution >= 0.6 is 11.6 Å². The quantitative estimate of drug-likeness (QED) is 0.924. The molecule has 20 heavy (non-hydrogen) atoms. The standard InChI is InChI=1S/C16H23ClN2O/c1-2-10-19(15-8-6-14(18)7-9-15)16(20)12-4-3-5-13(17)11-12/h3-5,11,14-15H,2,6-10,18H2,1H3. The van der Waals surface area contributed by atoms with Gasteiger partial charge in [0.05, 0.1) is 0 Å². The van der Waals surface area contributed by atoms with E-state index in [1.54, 1.807) is 12.1 Å². The maximum atomic E-state index is 12.7. The normalized spacial score (nSPS) is 22.6. The van der Waals surface area contributed by atoms with E-state index in [1.165, 1.54) is 0 Å². The van der Waals surface area contributed by atoms with Crippen molar-refractivity contribution in [1.29, 1.82) is 0 Å². The molecule has 1 aromatic rings. The molecule has 0 aliphatic heterocycles. The zero-order valence-corrected chi connectivity index (χ0v) is 12.8. The summed E-state index contributed by atoms with van der Waals surface area (Å²) in [6.07, 6.45) is 5.00. The van der Waals surface area contributed by atoms with Gasteiger partial charge in [-0.05, 0) is 50.3 Å². The summed E-state index contributed by atoms with van der Waals surface area (Å²) in [5.41, 5.74) is 6.64. The number of rotatable bonds is 4. The van der Waals surface area contributed by atoms with Crippen LogP contribution in [0.4, 0.5) is 0 Å². The minimum absolute atomic E-state index is 0.0924. The minimum atomic E-state index is 0.0924. The highest BCUT2D eigenvalue weighted by atomic mass is 35.5. The molecule has 0 radical (unpaired) electrons. The van der Waals surface area contributed by atoms with Crippen LogP contribution in [0.3, 0.4) is 0 Å². The van der Waals surface area contributed by atoms with Gasteiger partial charge in [-0.15, -0.1) is 0 Å². The zero-order valence-electron chi connectivity index (χ0n) is 12.0. The number of hydrogen-bond donors (Lipinski definition) is 1. The molecular weight excluding hydrogens is 272 g/mol. The largest absolute Gasteiger partial charge is 0.336 e. The fourth-order valence-electron chi connectivity index (χ4n) is 2.89. The van der Waals surface area contributed by atoms with Crippen molar-refractivity contribution in [1.82, 2.24) is 4.90 Å². The smallest absolute Gasteiger partial charge is 0.254 e. The van der Waals surface area contributed by atoms with Crippen molar-refractivity contribution in [3.63, 3.8) is 0 Å². The summed E-state index contributed by atoms with van der Waals surface area (Å²) in [5.74, 6) is 0.0924. The number of halogens is 1. The summed E-state index contributed by atoms with van der Waals surface area (Å²) >= 11 is 5.99. The van der Waals surface area contributed by atoms with Gasteiger partial charge in [-0.3, -0.25) is 4.79 Å². The second-order valence-electron chi connectivity index (χ2n) is 5.58. The van der Waals surface area contributed by atoms with E-state index >= 15 is 0 Å². The average Bonchev–Trinajstić information content (AvgIpc) is 2.45. The Balaban J connectivity index is 2.13. The molecule has 1 aliphatic rings. The number of carbonyl (C=O) groups is 1. The van der Waals surface area contributed by atoms with E-state index in [-0.39, 0.29) is 5.91 Å². The Labute approximate surface area is 126 Å². The number of hydrogen-bond acceptors (Lipinski definition) is 2. The third-order valence-electron chi connectivity index (χ3n) is 3.98. The molecule has 1 aromatic carbocycles. The van der Waals surface area contributed by atoms with E-state index in [0.29, 0.717) is 22.7 Å². The molecule has 0 atom stereocenters. The Hall–Kier alpha value is -1.06. The lowest BCUT2D eigenvalue weighted by molar-refractivity contribution is 0.0626. The van der Waals surface area contributed by atoms with Crippen LogP contribution < -0.4 is 5.73 Å². The van der Waals surface area contributed by atoms with Gasteiger partial charge in [-0.25, -0.2) is 0 Å². The first kappa shape index (κ1) is 15.3. The zero-order chi connectivity index (χ0) is 14.5. The summed E-state index contributed by atoms with van der Waals surface area (Å²) in [4.78, 5) is 14.7. The van der Waals surface area contributed by atoms with Crippen LogP contribution in [-0.4, -0.2) is 29.4 Å². The van der Waals surface area contributed by atoms with Crippen molar-refractivity contribution < 1.29 is 4.79 Å². The summed E-state index contributed by atoms with van der Waals surface area (Å²) in [6.45, 7) is 2.90. The average molecular weight is 295 g/mol. The summed E-state index contributed by atoms with van der Waals surface area (Å²) in [5, 5.41) is 0.609. The van der Waals surface area contributed by atoms with Crippen LogP contribution in [0.25, 0.3) is 0 Å². The number of carbonyl (C=O) groups excluding carboxylic acids is 1. The molecule has 4 heteroatoms. The van der Waals surface area contributed by atoms with Crippen molar-refractivity contribution in [2.24, 2.45) is 5.73 Å². The molecule has 1 saturated carbocycles. The lowest BCUT2D eigenvalue weighted by atomic mass is 9.90. The molecule has 0 heterocycles. The summed E-state index contributed by atoms with van der Waals surface area (Å²) in [7, 11) is 0. The molecule has 2 N–H and O–H groups in total. The van der Waals surface area contributed by atoms with Crippen molar-refractivity contribution in [2.45, 2.75) is 51.1 Å². The van der Waals surface area contributed by atoms with Crippen LogP contribution in [0.1, 0.15) is 49.4 Å². The molecule has 3 nitrogen and oxygen atoms in total. The van der Waals surface area contributed by atoms with Gasteiger partial charge in [-0.1, -0.05) is 24.6 Å². The monoisotopic (exact) mass is 294 g/mol. The molecule has 0 saturated heterocycles. The van der Waals surface area contributed by atoms with Gasteiger partial charge in [-0.2, -0.15) is 0 Å². The fourth-order valence-corrected chi connectivity index (χ4v) is 3.08. The van der Waals surface area contributed by atoms with E-state index in [2.05, 4.69) is 6.92 Å². The molecule has 1 fully saturated rings. The Kier molecular flexibility index (Phi) is 5.44. The van der Waals surface area contributed by atoms with Crippen LogP contribution in [0, 0.1) is 0 Å². The van der Waals surface area contributed by atoms with E-state index in [4.69, 9.17) is 17.3 Å². The van der Waals surface area contributed by atoms with Gasteiger partial charge in [0.1, 0.15) is 0 Å². The molecule has 0 spiro atoms. The first-order valence-electron chi connectivity index (χ1n) is 7.44. The van der Waals surface area contributed by atoms with E-state index in [0.717, 1.165) is 38.6 Å². The summed E-state index contributed by atoms with van der Waals surface area (Å²) in [6, 6.07) is 7.84. The van der Waals surface area contributed by atoms with Crippen molar-refractivity contribution in [3.05, 3.63) is 34.9 Å². The molecule has 0 aromatic heterocycles. The molecule has 0 unspecified atom stereocenters. The highest BCUT2D eigenvalue weighted by Gasteiger charge is 2.27. The van der Waals surface area contributed by atoms with Crippen LogP contribution in [0.5, 0.6) is 0 Å². The molecule has 1 amide bonds. The van der Waals surface area contributed by atoms with Gasteiger partial charge < -0.3 is 10.6 Å². The van der Waals surface area contributed by atoms with Crippen LogP contribution in [0.15, 0.2) is 24.3 Å². The molecule has 110 valence electrons. The van der Waals surface area contributed by atoms with Gasteiger partial charge in [0, 0.05) is 29.2 Å². The molecule has 1 aliphatic carbocycles. The second kappa shape index (κ2) is 7.09. The maximum Gasteiger partial charge on any atom is 0.254 e. The Bertz CT molecular complexity index is 456. The van der Waals surface area contributed by atoms with Crippen molar-refractivity contribution in [2.75, 3.05) is 6.54 Å². The lowest BCUT2D eigenvalue weighted by Crippen LogP contribution is -2.44. The minimum Gasteiger partial charge on any atom is -0.336 e. The van der Waals surface area contributed by atoms with Crippen LogP contribution in [-0.2, 0) is 0 Å². The van der Waals surface area contributed by atoms with Crippen molar-refractivity contribution in [3.8, 4) is 0 Å². The van der Waals surface area contributed by atoms with Crippen molar-refractivity contribution >= 4 is 17.5 Å². The molecule has 0 bridgehead atoms. The van der Waals surface area contributed by atoms with Gasteiger partial charge in [0.15, 0.2) is 0 Å². The highest BCUT2D eigenvalue weighted by Crippen LogP contribution is 2.24. The predicted octanol–water partition coefficient (Wildman–Crippen LogP) is 3.46.